The number of hydrogen-bond donors (Lipinski definition) is 2. The molecule has 0 bridgehead atoms. The molecule has 0 saturated carbocycles. The number of nitrogens with one attached hydrogen (secondary N) is 2. The Kier molecular flexibility index (Phi) is 5.80. The third-order valence-electron chi connectivity index (χ3n) is 3.18. The molecule has 10 heteroatoms. The minimum Gasteiger partial charge on any atom is -0.288 e. The molecule has 2 aromatic rings. The third kappa shape index (κ3) is 4.38. The van der Waals surface area contributed by atoms with E-state index in [0.717, 1.165) is 0 Å². The Morgan fingerprint density at radius 2 is 1.80 bits per heavy atom. The van der Waals surface area contributed by atoms with Gasteiger partial charge in [-0.3, -0.25) is 30.3 Å². The Morgan fingerprint density at radius 3 is 2.44 bits per heavy atom. The molecule has 0 unspecified atom stereocenters. The van der Waals surface area contributed by atoms with Gasteiger partial charge in [-0.1, -0.05) is 16.6 Å². The summed E-state index contributed by atoms with van der Waals surface area (Å²) >= 11 is 0. The smallest absolute Gasteiger partial charge is 0.288 e. The van der Waals surface area contributed by atoms with Crippen molar-refractivity contribution in [3.8, 4) is 0 Å². The van der Waals surface area contributed by atoms with E-state index in [4.69, 9.17) is 0 Å². The van der Waals surface area contributed by atoms with E-state index in [1.807, 2.05) is 0 Å². The van der Waals surface area contributed by atoms with Crippen LogP contribution in [0.15, 0.2) is 53.6 Å². The van der Waals surface area contributed by atoms with Crippen LogP contribution in [0.25, 0.3) is 0 Å². The summed E-state index contributed by atoms with van der Waals surface area (Å²) in [5.74, 6) is -1.28. The van der Waals surface area contributed by atoms with Crippen LogP contribution in [0.5, 0.6) is 0 Å². The van der Waals surface area contributed by atoms with E-state index in [1.165, 1.54) is 50.7 Å². The number of hydrazine groups is 1. The maximum absolute atomic E-state index is 12.2. The largest absolute Gasteiger partial charge is 0.288 e. The zero-order valence-electron chi connectivity index (χ0n) is 13.5. The molecule has 0 spiro atoms. The molecule has 9 nitrogen and oxygen atoms in total. The average Bonchev–Trinajstić information content (AvgIpc) is 2.65. The number of nitrogens with zero attached hydrogens (tertiary/aromatic N) is 2. The zero-order chi connectivity index (χ0) is 18.4. The number of hydroxylamine groups is 1. The van der Waals surface area contributed by atoms with Crippen LogP contribution in [0.4, 0.5) is 0 Å². The first-order valence-corrected chi connectivity index (χ1v) is 8.45. The van der Waals surface area contributed by atoms with Gasteiger partial charge in [-0.25, -0.2) is 8.42 Å². The normalized spacial score (nSPS) is 11.2. The minimum absolute atomic E-state index is 0.0481. The molecule has 0 saturated heterocycles. The van der Waals surface area contributed by atoms with E-state index < -0.39 is 21.8 Å². The molecule has 0 atom stereocenters. The molecule has 0 radical (unpaired) electrons. The first kappa shape index (κ1) is 18.5. The van der Waals surface area contributed by atoms with E-state index in [2.05, 4.69) is 20.7 Å². The number of hydrogen-bond acceptors (Lipinski definition) is 6. The third-order valence-corrected chi connectivity index (χ3v) is 4.85. The summed E-state index contributed by atoms with van der Waals surface area (Å²) in [4.78, 5) is 32.3. The molecular weight excluding hydrogens is 348 g/mol. The zero-order valence-corrected chi connectivity index (χ0v) is 14.3. The van der Waals surface area contributed by atoms with Gasteiger partial charge in [0.15, 0.2) is 0 Å². The maximum Gasteiger partial charge on any atom is 0.288 e. The summed E-state index contributed by atoms with van der Waals surface area (Å²) in [7, 11) is -1.44. The number of sulfonamides is 1. The van der Waals surface area contributed by atoms with E-state index >= 15 is 0 Å². The molecule has 0 aliphatic heterocycles. The number of amides is 2. The summed E-state index contributed by atoms with van der Waals surface area (Å²) in [5, 5.41) is 0. The Labute approximate surface area is 144 Å². The first-order valence-electron chi connectivity index (χ1n) is 7.01. The molecule has 1 aromatic heterocycles. The van der Waals surface area contributed by atoms with Crippen LogP contribution >= 0.6 is 0 Å². The summed E-state index contributed by atoms with van der Waals surface area (Å²) in [6.07, 6.45) is 1.44. The van der Waals surface area contributed by atoms with Crippen molar-refractivity contribution in [2.75, 3.05) is 14.2 Å². The van der Waals surface area contributed by atoms with Gasteiger partial charge in [0.05, 0.1) is 12.0 Å². The number of pyridine rings is 1. The SMILES string of the molecule is CON(C)S(=O)(=O)c1cccc(C(=O)NNC(=O)c2ccccn2)c1. The van der Waals surface area contributed by atoms with Crippen LogP contribution in [0.2, 0.25) is 0 Å². The summed E-state index contributed by atoms with van der Waals surface area (Å²) < 4.78 is 25.0. The van der Waals surface area contributed by atoms with Crippen LogP contribution < -0.4 is 10.9 Å². The van der Waals surface area contributed by atoms with Crippen LogP contribution in [-0.2, 0) is 14.9 Å². The fraction of sp³-hybridized carbons (Fsp3) is 0.133. The number of carbonyl (C=O) groups is 2. The highest BCUT2D eigenvalue weighted by atomic mass is 32.2. The molecule has 2 rings (SSSR count). The van der Waals surface area contributed by atoms with Gasteiger partial charge in [-0.2, -0.15) is 0 Å². The topological polar surface area (TPSA) is 118 Å². The molecule has 1 aromatic carbocycles. The van der Waals surface area contributed by atoms with Crippen LogP contribution in [0.1, 0.15) is 20.8 Å². The van der Waals surface area contributed by atoms with Crippen molar-refractivity contribution >= 4 is 21.8 Å². The highest BCUT2D eigenvalue weighted by Crippen LogP contribution is 2.15. The predicted octanol–water partition coefficient (Wildman–Crippen LogP) is 0.338. The van der Waals surface area contributed by atoms with Gasteiger partial charge < -0.3 is 0 Å². The number of benzene rings is 1. The van der Waals surface area contributed by atoms with Gasteiger partial charge in [-0.05, 0) is 30.3 Å². The number of carbonyl (C=O) groups excluding carboxylic acids is 2. The van der Waals surface area contributed by atoms with E-state index in [1.54, 1.807) is 12.1 Å². The highest BCUT2D eigenvalue weighted by molar-refractivity contribution is 7.89. The van der Waals surface area contributed by atoms with Gasteiger partial charge in [0.2, 0.25) is 0 Å². The summed E-state index contributed by atoms with van der Waals surface area (Å²) in [6.45, 7) is 0. The molecule has 0 aliphatic rings. The van der Waals surface area contributed by atoms with Crippen molar-refractivity contribution in [1.82, 2.24) is 20.3 Å². The molecule has 1 heterocycles. The lowest BCUT2D eigenvalue weighted by atomic mass is 10.2. The molecule has 132 valence electrons. The fourth-order valence-corrected chi connectivity index (χ4v) is 2.81. The molecule has 25 heavy (non-hydrogen) atoms. The lowest BCUT2D eigenvalue weighted by Crippen LogP contribution is -2.42. The maximum atomic E-state index is 12.2. The van der Waals surface area contributed by atoms with Gasteiger partial charge in [0.1, 0.15) is 5.69 Å². The van der Waals surface area contributed by atoms with Crippen molar-refractivity contribution in [2.45, 2.75) is 4.90 Å². The fourth-order valence-electron chi connectivity index (χ4n) is 1.79. The quantitative estimate of drug-likeness (QED) is 0.739. The van der Waals surface area contributed by atoms with Crippen molar-refractivity contribution in [3.05, 3.63) is 59.9 Å². The first-order chi connectivity index (χ1) is 11.9. The van der Waals surface area contributed by atoms with Crippen molar-refractivity contribution in [1.29, 1.82) is 0 Å². The van der Waals surface area contributed by atoms with Gasteiger partial charge in [0, 0.05) is 18.8 Å². The second kappa shape index (κ2) is 7.83. The summed E-state index contributed by atoms with van der Waals surface area (Å²) in [5.41, 5.74) is 4.58. The monoisotopic (exact) mass is 364 g/mol. The van der Waals surface area contributed by atoms with Gasteiger partial charge in [-0.15, -0.1) is 0 Å². The van der Waals surface area contributed by atoms with Gasteiger partial charge >= 0.3 is 0 Å². The predicted molar refractivity (Wildman–Crippen MR) is 87.6 cm³/mol. The lowest BCUT2D eigenvalue weighted by Gasteiger charge is -2.14. The molecule has 0 aliphatic carbocycles. The van der Waals surface area contributed by atoms with Gasteiger partial charge in [0.25, 0.3) is 21.8 Å². The van der Waals surface area contributed by atoms with Crippen molar-refractivity contribution < 1.29 is 22.8 Å². The van der Waals surface area contributed by atoms with Crippen LogP contribution in [0.3, 0.4) is 0 Å². The highest BCUT2D eigenvalue weighted by Gasteiger charge is 2.22. The van der Waals surface area contributed by atoms with Crippen molar-refractivity contribution in [2.24, 2.45) is 0 Å². The molecule has 0 fully saturated rings. The number of rotatable bonds is 5. The Morgan fingerprint density at radius 1 is 1.08 bits per heavy atom. The Hall–Kier alpha value is -2.82. The lowest BCUT2D eigenvalue weighted by molar-refractivity contribution is -0.0258. The molecular formula is C15H16N4O5S. The minimum atomic E-state index is -3.89. The molecule has 2 amide bonds. The summed E-state index contributed by atoms with van der Waals surface area (Å²) in [6, 6.07) is 10.1. The van der Waals surface area contributed by atoms with Crippen LogP contribution in [0, 0.1) is 0 Å². The van der Waals surface area contributed by atoms with Crippen molar-refractivity contribution in [3.63, 3.8) is 0 Å². The average molecular weight is 364 g/mol. The second-order valence-corrected chi connectivity index (χ2v) is 6.68. The standard InChI is InChI=1S/C15H16N4O5S/c1-19(24-2)25(22,23)12-7-5-6-11(10-12)14(20)17-18-15(21)13-8-3-4-9-16-13/h3-10H,1-2H3,(H,17,20)(H,18,21). The van der Waals surface area contributed by atoms with E-state index in [9.17, 15) is 18.0 Å². The van der Waals surface area contributed by atoms with E-state index in [0.29, 0.717) is 4.47 Å². The van der Waals surface area contributed by atoms with E-state index in [-0.39, 0.29) is 16.2 Å². The van der Waals surface area contributed by atoms with Crippen LogP contribution in [-0.4, -0.2) is 43.8 Å². The Bertz CT molecular complexity index is 871. The Balaban J connectivity index is 2.10. The second-order valence-electron chi connectivity index (χ2n) is 4.75. The number of aromatic nitrogens is 1. The molecule has 2 N–H and O–H groups in total.